The monoisotopic (exact) mass is 415 g/mol. The summed E-state index contributed by atoms with van der Waals surface area (Å²) in [5.74, 6) is -1.45. The lowest BCUT2D eigenvalue weighted by Crippen LogP contribution is -2.33. The molecular formula is C20H19F2N5O3. The maximum absolute atomic E-state index is 14.2. The zero-order valence-corrected chi connectivity index (χ0v) is 16.2. The molecule has 0 radical (unpaired) electrons. The lowest BCUT2D eigenvalue weighted by atomic mass is 10.1. The predicted octanol–water partition coefficient (Wildman–Crippen LogP) is 1.74. The summed E-state index contributed by atoms with van der Waals surface area (Å²) < 4.78 is 37.1. The highest BCUT2D eigenvalue weighted by Gasteiger charge is 2.28. The number of pyridine rings is 1. The number of aromatic nitrogens is 4. The third-order valence-electron chi connectivity index (χ3n) is 5.67. The number of hydrogen-bond acceptors (Lipinski definition) is 5. The maximum Gasteiger partial charge on any atom is 0.256 e. The standard InChI is InChI=1S/C20H19F2N5O3/c1-10-9-30-19-16(22)13(21)7-11-17(19)27(10)8-12(18(11)28)20(29)23-5-4-15-25-24-14-3-2-6-26(14)15/h7-8,10H,2-6,9H2,1H3,(H,23,29)/t10-/m0/s1. The van der Waals surface area contributed by atoms with E-state index in [0.29, 0.717) is 6.42 Å². The van der Waals surface area contributed by atoms with E-state index in [9.17, 15) is 18.4 Å². The number of nitrogens with one attached hydrogen (secondary N) is 1. The van der Waals surface area contributed by atoms with Crippen LogP contribution < -0.4 is 15.5 Å². The summed E-state index contributed by atoms with van der Waals surface area (Å²) in [5.41, 5.74) is -0.632. The maximum atomic E-state index is 14.2. The van der Waals surface area contributed by atoms with E-state index < -0.39 is 23.0 Å². The molecule has 1 aromatic carbocycles. The Labute approximate surface area is 169 Å². The zero-order chi connectivity index (χ0) is 21.0. The van der Waals surface area contributed by atoms with Gasteiger partial charge < -0.3 is 19.2 Å². The molecule has 8 nitrogen and oxygen atoms in total. The van der Waals surface area contributed by atoms with Crippen LogP contribution in [0.3, 0.4) is 0 Å². The molecule has 0 unspecified atom stereocenters. The van der Waals surface area contributed by atoms with Gasteiger partial charge in [-0.3, -0.25) is 9.59 Å². The van der Waals surface area contributed by atoms with E-state index in [1.807, 2.05) is 11.5 Å². The predicted molar refractivity (Wildman–Crippen MR) is 103 cm³/mol. The Morgan fingerprint density at radius 3 is 3.03 bits per heavy atom. The van der Waals surface area contributed by atoms with E-state index in [1.165, 1.54) is 6.20 Å². The number of amides is 1. The van der Waals surface area contributed by atoms with Crippen LogP contribution >= 0.6 is 0 Å². The third kappa shape index (κ3) is 2.78. The van der Waals surface area contributed by atoms with Crippen LogP contribution in [0.2, 0.25) is 0 Å². The Hall–Kier alpha value is -3.30. The summed E-state index contributed by atoms with van der Waals surface area (Å²) in [6.45, 7) is 3.05. The van der Waals surface area contributed by atoms with Crippen LogP contribution in [-0.2, 0) is 19.4 Å². The normalized spacial score (nSPS) is 17.1. The van der Waals surface area contributed by atoms with Crippen molar-refractivity contribution in [2.24, 2.45) is 0 Å². The van der Waals surface area contributed by atoms with Crippen molar-refractivity contribution in [3.05, 3.63) is 51.3 Å². The molecule has 3 aromatic rings. The van der Waals surface area contributed by atoms with Gasteiger partial charge in [0.15, 0.2) is 11.6 Å². The van der Waals surface area contributed by atoms with Gasteiger partial charge in [0, 0.05) is 32.1 Å². The van der Waals surface area contributed by atoms with Gasteiger partial charge in [-0.2, -0.15) is 4.39 Å². The summed E-state index contributed by atoms with van der Waals surface area (Å²) in [6.07, 6.45) is 3.80. The van der Waals surface area contributed by atoms with Crippen LogP contribution in [0.25, 0.3) is 10.9 Å². The third-order valence-corrected chi connectivity index (χ3v) is 5.67. The first-order valence-electron chi connectivity index (χ1n) is 9.84. The summed E-state index contributed by atoms with van der Waals surface area (Å²) in [7, 11) is 0. The number of benzene rings is 1. The molecule has 0 spiro atoms. The number of nitrogens with zero attached hydrogens (tertiary/aromatic N) is 4. The van der Waals surface area contributed by atoms with Gasteiger partial charge in [0.1, 0.15) is 23.8 Å². The number of fused-ring (bicyclic) bond motifs is 1. The largest absolute Gasteiger partial charge is 0.486 e. The van der Waals surface area contributed by atoms with E-state index in [0.717, 1.165) is 37.1 Å². The molecule has 0 saturated heterocycles. The van der Waals surface area contributed by atoms with E-state index in [2.05, 4.69) is 15.5 Å². The Balaban J connectivity index is 1.45. The Bertz CT molecular complexity index is 1250. The number of ether oxygens (including phenoxy) is 1. The molecule has 2 aliphatic heterocycles. The van der Waals surface area contributed by atoms with Gasteiger partial charge in [0.05, 0.1) is 16.9 Å². The van der Waals surface area contributed by atoms with Crippen LogP contribution in [0.5, 0.6) is 5.75 Å². The van der Waals surface area contributed by atoms with Crippen molar-refractivity contribution in [2.45, 2.75) is 38.8 Å². The molecule has 1 amide bonds. The van der Waals surface area contributed by atoms with Crippen molar-refractivity contribution in [1.82, 2.24) is 24.6 Å². The summed E-state index contributed by atoms with van der Waals surface area (Å²) in [6, 6.07) is 0.570. The molecule has 5 rings (SSSR count). The Kier molecular flexibility index (Phi) is 4.30. The number of aryl methyl sites for hydroxylation is 1. The highest BCUT2D eigenvalue weighted by atomic mass is 19.2. The number of carbonyl (C=O) groups is 1. The summed E-state index contributed by atoms with van der Waals surface area (Å²) in [5, 5.41) is 10.9. The van der Waals surface area contributed by atoms with Gasteiger partial charge in [-0.1, -0.05) is 0 Å². The summed E-state index contributed by atoms with van der Waals surface area (Å²) in [4.78, 5) is 25.6. The molecule has 30 heavy (non-hydrogen) atoms. The topological polar surface area (TPSA) is 91.0 Å². The first-order valence-corrected chi connectivity index (χ1v) is 9.84. The van der Waals surface area contributed by atoms with Crippen LogP contribution in [0, 0.1) is 11.6 Å². The second kappa shape index (κ2) is 6.89. The number of halogens is 2. The Morgan fingerprint density at radius 2 is 2.20 bits per heavy atom. The molecule has 0 saturated carbocycles. The van der Waals surface area contributed by atoms with Gasteiger partial charge in [-0.25, -0.2) is 4.39 Å². The van der Waals surface area contributed by atoms with Gasteiger partial charge in [-0.05, 0) is 19.4 Å². The minimum atomic E-state index is -1.19. The fraction of sp³-hybridized carbons (Fsp3) is 0.400. The van der Waals surface area contributed by atoms with Gasteiger partial charge >= 0.3 is 0 Å². The average Bonchev–Trinajstić information content (AvgIpc) is 3.33. The summed E-state index contributed by atoms with van der Waals surface area (Å²) >= 11 is 0. The molecule has 156 valence electrons. The molecule has 10 heteroatoms. The quantitative estimate of drug-likeness (QED) is 0.701. The van der Waals surface area contributed by atoms with Crippen molar-refractivity contribution < 1.29 is 18.3 Å². The average molecular weight is 415 g/mol. The molecule has 1 N–H and O–H groups in total. The lowest BCUT2D eigenvalue weighted by molar-refractivity contribution is 0.0951. The van der Waals surface area contributed by atoms with Crippen LogP contribution in [0.15, 0.2) is 17.1 Å². The van der Waals surface area contributed by atoms with Crippen molar-refractivity contribution in [3.8, 4) is 5.75 Å². The fourth-order valence-corrected chi connectivity index (χ4v) is 4.13. The van der Waals surface area contributed by atoms with E-state index in [1.54, 1.807) is 4.57 Å². The first-order chi connectivity index (χ1) is 14.5. The number of rotatable bonds is 4. The lowest BCUT2D eigenvalue weighted by Gasteiger charge is -2.27. The minimum Gasteiger partial charge on any atom is -0.486 e. The van der Waals surface area contributed by atoms with Crippen LogP contribution in [0.4, 0.5) is 8.78 Å². The second-order valence-electron chi connectivity index (χ2n) is 7.63. The van der Waals surface area contributed by atoms with Gasteiger partial charge in [0.2, 0.25) is 11.2 Å². The minimum absolute atomic E-state index is 0.0848. The fourth-order valence-electron chi connectivity index (χ4n) is 4.13. The molecule has 0 fully saturated rings. The number of carbonyl (C=O) groups excluding carboxylic acids is 1. The molecule has 4 heterocycles. The van der Waals surface area contributed by atoms with Crippen molar-refractivity contribution in [1.29, 1.82) is 0 Å². The van der Waals surface area contributed by atoms with Crippen LogP contribution in [0.1, 0.15) is 41.4 Å². The van der Waals surface area contributed by atoms with Crippen molar-refractivity contribution >= 4 is 16.8 Å². The van der Waals surface area contributed by atoms with E-state index in [-0.39, 0.29) is 41.4 Å². The zero-order valence-electron chi connectivity index (χ0n) is 16.2. The van der Waals surface area contributed by atoms with E-state index >= 15 is 0 Å². The van der Waals surface area contributed by atoms with E-state index in [4.69, 9.17) is 4.74 Å². The van der Waals surface area contributed by atoms with Gasteiger partial charge in [-0.15, -0.1) is 10.2 Å². The molecule has 1 atom stereocenters. The SMILES string of the molecule is C[C@H]1COc2c(F)c(F)cc3c(=O)c(C(=O)NCCc4nnc5n4CCC5)cn1c23. The smallest absolute Gasteiger partial charge is 0.256 e. The van der Waals surface area contributed by atoms with Gasteiger partial charge in [0.25, 0.3) is 5.91 Å². The molecule has 2 aromatic heterocycles. The molecule has 2 aliphatic rings. The van der Waals surface area contributed by atoms with Crippen molar-refractivity contribution in [3.63, 3.8) is 0 Å². The highest BCUT2D eigenvalue weighted by Crippen LogP contribution is 2.35. The highest BCUT2D eigenvalue weighted by molar-refractivity contribution is 5.98. The number of hydrogen-bond donors (Lipinski definition) is 1. The Morgan fingerprint density at radius 1 is 1.37 bits per heavy atom. The molecule has 0 aliphatic carbocycles. The van der Waals surface area contributed by atoms with Crippen molar-refractivity contribution in [2.75, 3.05) is 13.2 Å². The molecule has 0 bridgehead atoms. The molecular weight excluding hydrogens is 396 g/mol. The van der Waals surface area contributed by atoms with Crippen LogP contribution in [-0.4, -0.2) is 38.4 Å². The first kappa shape index (κ1) is 18.7. The second-order valence-corrected chi connectivity index (χ2v) is 7.63.